The maximum atomic E-state index is 11.6. The van der Waals surface area contributed by atoms with Crippen LogP contribution in [-0.4, -0.2) is 43.0 Å². The van der Waals surface area contributed by atoms with Crippen molar-refractivity contribution in [3.05, 3.63) is 23.9 Å². The van der Waals surface area contributed by atoms with Crippen LogP contribution < -0.4 is 21.3 Å². The Hall–Kier alpha value is -1.57. The molecule has 1 saturated heterocycles. The number of nitrogens with one attached hydrogen (secondary N) is 2. The largest absolute Gasteiger partial charge is 0.357 e. The molecule has 1 fully saturated rings. The van der Waals surface area contributed by atoms with Crippen molar-refractivity contribution in [3.63, 3.8) is 0 Å². The summed E-state index contributed by atoms with van der Waals surface area (Å²) < 4.78 is 0. The molecule has 0 atom stereocenters. The predicted molar refractivity (Wildman–Crippen MR) is 98.7 cm³/mol. The van der Waals surface area contributed by atoms with Crippen molar-refractivity contribution in [3.8, 4) is 0 Å². The van der Waals surface area contributed by atoms with Crippen molar-refractivity contribution >= 4 is 42.4 Å². The third-order valence-electron chi connectivity index (χ3n) is 3.61. The molecule has 2 rings (SSSR count). The average molecular weight is 378 g/mol. The molecule has 9 heteroatoms. The normalized spacial score (nSPS) is 13.3. The van der Waals surface area contributed by atoms with E-state index in [1.807, 2.05) is 12.1 Å². The summed E-state index contributed by atoms with van der Waals surface area (Å²) in [4.78, 5) is 29.3. The van der Waals surface area contributed by atoms with Crippen LogP contribution in [0.3, 0.4) is 0 Å². The molecule has 0 aliphatic carbocycles. The van der Waals surface area contributed by atoms with Gasteiger partial charge in [-0.3, -0.25) is 9.59 Å². The number of nitrogens with two attached hydrogens (primary N) is 1. The number of carbonyl (C=O) groups is 2. The summed E-state index contributed by atoms with van der Waals surface area (Å²) in [6, 6.07) is 3.89. The molecule has 136 valence electrons. The van der Waals surface area contributed by atoms with Gasteiger partial charge in [0.25, 0.3) is 0 Å². The minimum absolute atomic E-state index is 0. The molecule has 4 N–H and O–H groups in total. The van der Waals surface area contributed by atoms with Crippen molar-refractivity contribution in [2.45, 2.75) is 25.8 Å². The Morgan fingerprint density at radius 1 is 1.12 bits per heavy atom. The number of halogens is 2. The number of rotatable bonds is 6. The molecular weight excluding hydrogens is 353 g/mol. The second-order valence-electron chi connectivity index (χ2n) is 5.33. The van der Waals surface area contributed by atoms with E-state index >= 15 is 0 Å². The Balaban J connectivity index is 0.00000264. The number of piperidine rings is 1. The second-order valence-corrected chi connectivity index (χ2v) is 5.33. The monoisotopic (exact) mass is 377 g/mol. The highest BCUT2D eigenvalue weighted by molar-refractivity contribution is 5.86. The average Bonchev–Trinajstić information content (AvgIpc) is 2.58. The van der Waals surface area contributed by atoms with Crippen molar-refractivity contribution in [1.29, 1.82) is 0 Å². The van der Waals surface area contributed by atoms with Crippen LogP contribution in [0.2, 0.25) is 0 Å². The van der Waals surface area contributed by atoms with Crippen LogP contribution in [0.5, 0.6) is 0 Å². The summed E-state index contributed by atoms with van der Waals surface area (Å²) in [5.74, 6) is 0.382. The summed E-state index contributed by atoms with van der Waals surface area (Å²) in [5.41, 5.74) is 6.15. The van der Waals surface area contributed by atoms with Crippen molar-refractivity contribution < 1.29 is 9.59 Å². The summed E-state index contributed by atoms with van der Waals surface area (Å²) >= 11 is 0. The number of aromatic nitrogens is 1. The van der Waals surface area contributed by atoms with E-state index in [4.69, 9.17) is 5.73 Å². The molecular formula is C15H25Cl2N5O2. The van der Waals surface area contributed by atoms with E-state index in [1.54, 1.807) is 6.20 Å². The molecule has 2 amide bonds. The lowest BCUT2D eigenvalue weighted by Gasteiger charge is -2.27. The van der Waals surface area contributed by atoms with Crippen molar-refractivity contribution in [2.24, 2.45) is 5.73 Å². The molecule has 7 nitrogen and oxygen atoms in total. The smallest absolute Gasteiger partial charge is 0.239 e. The molecule has 1 aliphatic heterocycles. The number of anilines is 1. The first-order chi connectivity index (χ1) is 10.7. The Bertz CT molecular complexity index is 524. The van der Waals surface area contributed by atoms with E-state index in [-0.39, 0.29) is 49.7 Å². The lowest BCUT2D eigenvalue weighted by atomic mass is 10.1. The molecule has 2 heterocycles. The Morgan fingerprint density at radius 2 is 1.83 bits per heavy atom. The van der Waals surface area contributed by atoms with Crippen molar-refractivity contribution in [1.82, 2.24) is 15.6 Å². The zero-order valence-electron chi connectivity index (χ0n) is 13.5. The molecule has 1 aromatic rings. The highest BCUT2D eigenvalue weighted by Crippen LogP contribution is 2.18. The highest BCUT2D eigenvalue weighted by Gasteiger charge is 2.12. The molecule has 0 spiro atoms. The minimum Gasteiger partial charge on any atom is -0.357 e. The number of pyridine rings is 1. The maximum absolute atomic E-state index is 11.6. The third-order valence-corrected chi connectivity index (χ3v) is 3.61. The third kappa shape index (κ3) is 7.33. The molecule has 0 bridgehead atoms. The van der Waals surface area contributed by atoms with E-state index in [0.717, 1.165) is 24.5 Å². The van der Waals surface area contributed by atoms with Crippen LogP contribution in [0.1, 0.15) is 24.8 Å². The molecule has 24 heavy (non-hydrogen) atoms. The summed E-state index contributed by atoms with van der Waals surface area (Å²) in [7, 11) is 0. The van der Waals surface area contributed by atoms with Crippen LogP contribution in [0.4, 0.5) is 5.82 Å². The Morgan fingerprint density at radius 3 is 2.50 bits per heavy atom. The van der Waals surface area contributed by atoms with Gasteiger partial charge >= 0.3 is 0 Å². The van der Waals surface area contributed by atoms with E-state index in [2.05, 4.69) is 20.5 Å². The Labute approximate surface area is 154 Å². The topological polar surface area (TPSA) is 100 Å². The summed E-state index contributed by atoms with van der Waals surface area (Å²) in [6.45, 7) is 2.32. The zero-order valence-corrected chi connectivity index (χ0v) is 15.1. The fraction of sp³-hybridized carbons (Fsp3) is 0.533. The van der Waals surface area contributed by atoms with Gasteiger partial charge in [0.05, 0.1) is 13.1 Å². The second kappa shape index (κ2) is 11.9. The summed E-state index contributed by atoms with van der Waals surface area (Å²) in [6.07, 6.45) is 5.44. The number of nitrogens with zero attached hydrogens (tertiary/aromatic N) is 2. The van der Waals surface area contributed by atoms with Crippen LogP contribution in [0, 0.1) is 0 Å². The van der Waals surface area contributed by atoms with Gasteiger partial charge in [-0.1, -0.05) is 0 Å². The SMILES string of the molecule is Cl.Cl.NCC(=O)NCC(=O)NCc1ccnc(N2CCCCC2)c1. The fourth-order valence-corrected chi connectivity index (χ4v) is 2.38. The number of hydrogen-bond donors (Lipinski definition) is 3. The standard InChI is InChI=1S/C15H23N5O2.2ClH/c16-9-14(21)19-11-15(22)18-10-12-4-5-17-13(8-12)20-6-2-1-3-7-20;;/h4-5,8H,1-3,6-7,9-11,16H2,(H,18,22)(H,19,21);2*1H. The molecule has 1 aliphatic rings. The van der Waals surface area contributed by atoms with Gasteiger partial charge in [0.15, 0.2) is 0 Å². The number of hydrogen-bond acceptors (Lipinski definition) is 5. The van der Waals surface area contributed by atoms with Gasteiger partial charge in [0.2, 0.25) is 11.8 Å². The molecule has 0 radical (unpaired) electrons. The molecule has 0 aromatic carbocycles. The van der Waals surface area contributed by atoms with Gasteiger partial charge in [0.1, 0.15) is 5.82 Å². The Kier molecular flexibility index (Phi) is 11.1. The maximum Gasteiger partial charge on any atom is 0.239 e. The lowest BCUT2D eigenvalue weighted by Crippen LogP contribution is -2.39. The van der Waals surface area contributed by atoms with E-state index in [1.165, 1.54) is 19.3 Å². The molecule has 0 unspecified atom stereocenters. The van der Waals surface area contributed by atoms with Crippen LogP contribution >= 0.6 is 24.8 Å². The quantitative estimate of drug-likeness (QED) is 0.674. The highest BCUT2D eigenvalue weighted by atomic mass is 35.5. The fourth-order valence-electron chi connectivity index (χ4n) is 2.38. The lowest BCUT2D eigenvalue weighted by molar-refractivity contribution is -0.125. The summed E-state index contributed by atoms with van der Waals surface area (Å²) in [5, 5.41) is 5.20. The number of amides is 2. The van der Waals surface area contributed by atoms with Crippen molar-refractivity contribution in [2.75, 3.05) is 31.1 Å². The van der Waals surface area contributed by atoms with Gasteiger partial charge in [-0.05, 0) is 37.0 Å². The van der Waals surface area contributed by atoms with Crippen LogP contribution in [0.25, 0.3) is 0 Å². The van der Waals surface area contributed by atoms with Gasteiger partial charge < -0.3 is 21.3 Å². The zero-order chi connectivity index (χ0) is 15.8. The van der Waals surface area contributed by atoms with Gasteiger partial charge in [-0.2, -0.15) is 0 Å². The first kappa shape index (κ1) is 22.4. The molecule has 1 aromatic heterocycles. The number of carbonyl (C=O) groups excluding carboxylic acids is 2. The first-order valence-electron chi connectivity index (χ1n) is 7.62. The van der Waals surface area contributed by atoms with E-state index < -0.39 is 0 Å². The van der Waals surface area contributed by atoms with Gasteiger partial charge in [0, 0.05) is 25.8 Å². The van der Waals surface area contributed by atoms with E-state index in [9.17, 15) is 9.59 Å². The van der Waals surface area contributed by atoms with Crippen LogP contribution in [0.15, 0.2) is 18.3 Å². The van der Waals surface area contributed by atoms with Gasteiger partial charge in [-0.25, -0.2) is 4.98 Å². The van der Waals surface area contributed by atoms with Gasteiger partial charge in [-0.15, -0.1) is 24.8 Å². The molecule has 0 saturated carbocycles. The first-order valence-corrected chi connectivity index (χ1v) is 7.62. The van der Waals surface area contributed by atoms with E-state index in [0.29, 0.717) is 6.54 Å². The minimum atomic E-state index is -0.341. The van der Waals surface area contributed by atoms with Crippen LogP contribution in [-0.2, 0) is 16.1 Å². The predicted octanol–water partition coefficient (Wildman–Crippen LogP) is 0.607.